The lowest BCUT2D eigenvalue weighted by molar-refractivity contribution is -0.436. The molecule has 9 heteroatoms. The second-order valence-electron chi connectivity index (χ2n) is 8.14. The highest BCUT2D eigenvalue weighted by Gasteiger charge is 2.47. The van der Waals surface area contributed by atoms with Crippen molar-refractivity contribution in [3.05, 3.63) is 65.5 Å². The molecule has 34 heavy (non-hydrogen) atoms. The average Bonchev–Trinajstić information content (AvgIpc) is 3.22. The Morgan fingerprint density at radius 2 is 1.82 bits per heavy atom. The number of benzene rings is 2. The number of aliphatic imine (C=N–C) groups is 2. The fraction of sp³-hybridized carbons (Fsp3) is 0.280. The van der Waals surface area contributed by atoms with Crippen molar-refractivity contribution in [2.75, 3.05) is 11.9 Å². The van der Waals surface area contributed by atoms with Crippen LogP contribution in [0.25, 0.3) is 0 Å². The molecule has 0 bridgehead atoms. The summed E-state index contributed by atoms with van der Waals surface area (Å²) in [6.45, 7) is 3.64. The molecule has 2 aromatic rings. The van der Waals surface area contributed by atoms with Gasteiger partial charge in [0.15, 0.2) is 0 Å². The summed E-state index contributed by atoms with van der Waals surface area (Å²) in [7, 11) is 0. The van der Waals surface area contributed by atoms with Gasteiger partial charge in [0.05, 0.1) is 6.54 Å². The zero-order chi connectivity index (χ0) is 24.2. The maximum atomic E-state index is 14.2. The third-order valence-electron chi connectivity index (χ3n) is 5.51. The predicted molar refractivity (Wildman–Crippen MR) is 127 cm³/mol. The number of amidine groups is 2. The van der Waals surface area contributed by atoms with Gasteiger partial charge in [0.2, 0.25) is 17.5 Å². The highest BCUT2D eigenvalue weighted by atomic mass is 19.1. The third kappa shape index (κ3) is 4.83. The van der Waals surface area contributed by atoms with Gasteiger partial charge in [0.1, 0.15) is 12.4 Å². The molecule has 2 heterocycles. The van der Waals surface area contributed by atoms with E-state index in [1.54, 1.807) is 30.3 Å². The number of hydrogen-bond acceptors (Lipinski definition) is 5. The van der Waals surface area contributed by atoms with Crippen molar-refractivity contribution in [1.29, 1.82) is 0 Å². The summed E-state index contributed by atoms with van der Waals surface area (Å²) in [5, 5.41) is 2.71. The Bertz CT molecular complexity index is 1250. The summed E-state index contributed by atoms with van der Waals surface area (Å²) in [5.41, 5.74) is 1.91. The van der Waals surface area contributed by atoms with Gasteiger partial charge in [-0.2, -0.15) is 9.48 Å². The Labute approximate surface area is 196 Å². The number of carbonyl (C=O) groups excluding carboxylic acids is 3. The number of rotatable bonds is 8. The van der Waals surface area contributed by atoms with Crippen molar-refractivity contribution in [2.24, 2.45) is 9.98 Å². The van der Waals surface area contributed by atoms with Gasteiger partial charge in [-0.1, -0.05) is 48.7 Å². The molecule has 8 nitrogen and oxygen atoms in total. The number of fused-ring (bicyclic) bond motifs is 1. The zero-order valence-corrected chi connectivity index (χ0v) is 19.0. The van der Waals surface area contributed by atoms with E-state index in [0.29, 0.717) is 24.5 Å². The Morgan fingerprint density at radius 1 is 1.09 bits per heavy atom. The lowest BCUT2D eigenvalue weighted by atomic mass is 10.1. The number of urea groups is 1. The van der Waals surface area contributed by atoms with Gasteiger partial charge >= 0.3 is 17.8 Å². The van der Waals surface area contributed by atoms with Gasteiger partial charge in [-0.25, -0.2) is 19.0 Å². The smallest absolute Gasteiger partial charge is 0.326 e. The van der Waals surface area contributed by atoms with Crippen LogP contribution in [0.2, 0.25) is 0 Å². The minimum Gasteiger partial charge on any atom is -0.326 e. The van der Waals surface area contributed by atoms with Crippen LogP contribution in [0.4, 0.5) is 14.9 Å². The van der Waals surface area contributed by atoms with Gasteiger partial charge in [-0.15, -0.1) is 0 Å². The van der Waals surface area contributed by atoms with Crippen molar-refractivity contribution in [3.8, 4) is 0 Å². The zero-order valence-electron chi connectivity index (χ0n) is 19.0. The van der Waals surface area contributed by atoms with Crippen LogP contribution in [0, 0.1) is 5.82 Å². The Kier molecular flexibility index (Phi) is 6.72. The molecule has 0 aliphatic carbocycles. The molecule has 174 valence electrons. The van der Waals surface area contributed by atoms with E-state index in [1.165, 1.54) is 17.6 Å². The maximum absolute atomic E-state index is 14.2. The van der Waals surface area contributed by atoms with Crippen LogP contribution < -0.4 is 5.32 Å². The first-order valence-corrected chi connectivity index (χ1v) is 11.1. The fourth-order valence-corrected chi connectivity index (χ4v) is 3.79. The topological polar surface area (TPSA) is 94.2 Å². The Hall–Kier alpha value is -4.01. The summed E-state index contributed by atoms with van der Waals surface area (Å²) in [6, 6.07) is 12.8. The largest absolute Gasteiger partial charge is 0.446 e. The van der Waals surface area contributed by atoms with Crippen LogP contribution in [0.1, 0.15) is 37.8 Å². The van der Waals surface area contributed by atoms with Gasteiger partial charge in [-0.05, 0) is 30.2 Å². The van der Waals surface area contributed by atoms with E-state index in [1.807, 2.05) is 19.1 Å². The number of carbonyl (C=O) groups is 3. The van der Waals surface area contributed by atoms with E-state index in [-0.39, 0.29) is 29.6 Å². The van der Waals surface area contributed by atoms with Crippen molar-refractivity contribution >= 4 is 40.9 Å². The number of nitrogens with zero attached hydrogens (tertiary/aromatic N) is 4. The second-order valence-corrected chi connectivity index (χ2v) is 8.14. The number of halogens is 1. The standard InChI is InChI=1S/C25H24FN5O3/c1-3-4-13-30-23-22(24(33)31(25(30)34)15-18-7-5-6-8-20(18)26)28-21(29-23)14-17-9-11-19(12-10-17)27-16(2)32/h5-12H,3-4,13-15H2,1-2H3/p+1. The second kappa shape index (κ2) is 9.86. The molecule has 2 aromatic carbocycles. The first-order valence-electron chi connectivity index (χ1n) is 11.1. The highest BCUT2D eigenvalue weighted by molar-refractivity contribution is 6.70. The van der Waals surface area contributed by atoms with Crippen LogP contribution in [-0.2, 0) is 22.6 Å². The summed E-state index contributed by atoms with van der Waals surface area (Å²) < 4.78 is 15.7. The van der Waals surface area contributed by atoms with E-state index in [2.05, 4.69) is 15.3 Å². The SMILES string of the molecule is CCCC[N+]1=C2N=C(Cc3ccc(NC(C)=O)cc3)N=C2C(=O)N(Cc2ccccc2F)C1=O. The molecule has 0 unspecified atom stereocenters. The molecule has 0 aromatic heterocycles. The summed E-state index contributed by atoms with van der Waals surface area (Å²) >= 11 is 0. The number of anilines is 1. The molecule has 0 atom stereocenters. The van der Waals surface area contributed by atoms with Crippen LogP contribution in [0.15, 0.2) is 58.5 Å². The van der Waals surface area contributed by atoms with Crippen molar-refractivity contribution < 1.29 is 23.3 Å². The van der Waals surface area contributed by atoms with Gasteiger partial charge in [-0.3, -0.25) is 4.79 Å². The monoisotopic (exact) mass is 462 g/mol. The number of nitrogens with one attached hydrogen (secondary N) is 1. The van der Waals surface area contributed by atoms with E-state index in [4.69, 9.17) is 0 Å². The third-order valence-corrected chi connectivity index (χ3v) is 5.51. The van der Waals surface area contributed by atoms with Crippen LogP contribution in [0.3, 0.4) is 0 Å². The molecule has 0 saturated carbocycles. The average molecular weight is 463 g/mol. The maximum Gasteiger partial charge on any atom is 0.446 e. The first-order chi connectivity index (χ1) is 16.4. The van der Waals surface area contributed by atoms with E-state index >= 15 is 0 Å². The van der Waals surface area contributed by atoms with E-state index < -0.39 is 17.8 Å². The summed E-state index contributed by atoms with van der Waals surface area (Å²) in [4.78, 5) is 47.6. The number of imide groups is 1. The molecular formula is C25H25FN5O3+. The van der Waals surface area contributed by atoms with Crippen molar-refractivity contribution in [3.63, 3.8) is 0 Å². The molecule has 2 aliphatic rings. The van der Waals surface area contributed by atoms with E-state index in [0.717, 1.165) is 23.3 Å². The lowest BCUT2D eigenvalue weighted by Crippen LogP contribution is -2.54. The van der Waals surface area contributed by atoms with E-state index in [9.17, 15) is 18.8 Å². The Balaban J connectivity index is 1.62. The normalized spacial score (nSPS) is 15.3. The number of unbranched alkanes of at least 4 members (excludes halogenated alkanes) is 1. The molecule has 0 saturated heterocycles. The quantitative estimate of drug-likeness (QED) is 0.608. The van der Waals surface area contributed by atoms with Crippen molar-refractivity contribution in [2.45, 2.75) is 39.7 Å². The fourth-order valence-electron chi connectivity index (χ4n) is 3.79. The Morgan fingerprint density at radius 3 is 2.50 bits per heavy atom. The van der Waals surface area contributed by atoms with Crippen LogP contribution in [-0.4, -0.2) is 51.2 Å². The van der Waals surface area contributed by atoms with Gasteiger partial charge < -0.3 is 5.32 Å². The first kappa shape index (κ1) is 23.2. The minimum atomic E-state index is -0.587. The summed E-state index contributed by atoms with van der Waals surface area (Å²) in [5.74, 6) is -0.567. The van der Waals surface area contributed by atoms with Gasteiger partial charge in [0.25, 0.3) is 0 Å². The number of hydrogen-bond donors (Lipinski definition) is 1. The molecule has 4 amide bonds. The predicted octanol–water partition coefficient (Wildman–Crippen LogP) is 3.55. The van der Waals surface area contributed by atoms with Crippen LogP contribution in [0.5, 0.6) is 0 Å². The molecule has 0 spiro atoms. The minimum absolute atomic E-state index is 0.0944. The molecule has 0 radical (unpaired) electrons. The molecule has 4 rings (SSSR count). The molecular weight excluding hydrogens is 437 g/mol. The highest BCUT2D eigenvalue weighted by Crippen LogP contribution is 2.19. The van der Waals surface area contributed by atoms with Crippen LogP contribution >= 0.6 is 0 Å². The molecule has 1 N–H and O–H groups in total. The molecule has 2 aliphatic heterocycles. The van der Waals surface area contributed by atoms with Crippen molar-refractivity contribution in [1.82, 2.24) is 4.90 Å². The number of amides is 4. The van der Waals surface area contributed by atoms with Gasteiger partial charge in [0, 0.05) is 24.6 Å². The lowest BCUT2D eigenvalue weighted by Gasteiger charge is -2.22. The molecule has 0 fully saturated rings. The summed E-state index contributed by atoms with van der Waals surface area (Å²) in [6.07, 6.45) is 1.92.